The Morgan fingerprint density at radius 1 is 1.31 bits per heavy atom. The summed E-state index contributed by atoms with van der Waals surface area (Å²) in [6, 6.07) is 0. The number of halogens is 2. The van der Waals surface area contributed by atoms with Crippen molar-refractivity contribution in [2.45, 2.75) is 20.3 Å². The van der Waals surface area contributed by atoms with Gasteiger partial charge in [0.05, 0.1) is 5.41 Å². The first kappa shape index (κ1) is 18.3. The van der Waals surface area contributed by atoms with Crippen molar-refractivity contribution in [3.63, 3.8) is 0 Å². The van der Waals surface area contributed by atoms with Crippen LogP contribution in [-0.4, -0.2) is 48.7 Å². The standard InChI is InChI=1S/C10H20N2O2.2ClH/c1-10(2,9(13)14)3-6-12-7-4-11-5-8-12;;/h11H,3-8H2,1-2H3,(H,13,14);2*1H. The van der Waals surface area contributed by atoms with E-state index in [1.807, 2.05) is 0 Å². The molecule has 16 heavy (non-hydrogen) atoms. The summed E-state index contributed by atoms with van der Waals surface area (Å²) in [6.07, 6.45) is 0.725. The highest BCUT2D eigenvalue weighted by molar-refractivity contribution is 5.85. The van der Waals surface area contributed by atoms with Gasteiger partial charge in [0.15, 0.2) is 0 Å². The molecule has 6 heteroatoms. The lowest BCUT2D eigenvalue weighted by atomic mass is 9.89. The predicted molar refractivity (Wildman–Crippen MR) is 69.8 cm³/mol. The topological polar surface area (TPSA) is 52.6 Å². The van der Waals surface area contributed by atoms with Crippen LogP contribution in [0.3, 0.4) is 0 Å². The molecule has 4 nitrogen and oxygen atoms in total. The molecule has 0 radical (unpaired) electrons. The molecule has 0 spiro atoms. The van der Waals surface area contributed by atoms with Gasteiger partial charge in [-0.2, -0.15) is 0 Å². The lowest BCUT2D eigenvalue weighted by Gasteiger charge is -2.29. The maximum absolute atomic E-state index is 10.9. The molecule has 0 amide bonds. The molecule has 0 bridgehead atoms. The third-order valence-corrected chi connectivity index (χ3v) is 2.84. The number of nitrogens with zero attached hydrogens (tertiary/aromatic N) is 1. The Kier molecular flexibility index (Phi) is 9.30. The summed E-state index contributed by atoms with van der Waals surface area (Å²) < 4.78 is 0. The molecule has 1 heterocycles. The van der Waals surface area contributed by atoms with Crippen molar-refractivity contribution in [2.24, 2.45) is 5.41 Å². The van der Waals surface area contributed by atoms with E-state index >= 15 is 0 Å². The summed E-state index contributed by atoms with van der Waals surface area (Å²) in [5.74, 6) is -0.701. The van der Waals surface area contributed by atoms with Crippen LogP contribution < -0.4 is 5.32 Å². The zero-order valence-corrected chi connectivity index (χ0v) is 11.5. The number of rotatable bonds is 4. The van der Waals surface area contributed by atoms with E-state index < -0.39 is 11.4 Å². The number of nitrogens with one attached hydrogen (secondary N) is 1. The number of carboxylic acid groups (broad SMARTS) is 1. The Morgan fingerprint density at radius 3 is 2.25 bits per heavy atom. The van der Waals surface area contributed by atoms with E-state index in [-0.39, 0.29) is 24.8 Å². The van der Waals surface area contributed by atoms with E-state index in [9.17, 15) is 4.79 Å². The normalized spacial score (nSPS) is 17.1. The Bertz CT molecular complexity index is 207. The molecule has 1 aliphatic heterocycles. The fourth-order valence-corrected chi connectivity index (χ4v) is 1.48. The lowest BCUT2D eigenvalue weighted by molar-refractivity contribution is -0.147. The molecule has 1 aliphatic rings. The highest BCUT2D eigenvalue weighted by atomic mass is 35.5. The van der Waals surface area contributed by atoms with Crippen LogP contribution in [0.2, 0.25) is 0 Å². The van der Waals surface area contributed by atoms with Crippen LogP contribution in [0.1, 0.15) is 20.3 Å². The van der Waals surface area contributed by atoms with E-state index in [1.165, 1.54) is 0 Å². The third-order valence-electron chi connectivity index (χ3n) is 2.84. The number of piperazine rings is 1. The number of carbonyl (C=O) groups is 1. The van der Waals surface area contributed by atoms with Crippen LogP contribution in [0.15, 0.2) is 0 Å². The average Bonchev–Trinajstić information content (AvgIpc) is 2.16. The first-order valence-corrected chi connectivity index (χ1v) is 5.19. The van der Waals surface area contributed by atoms with Crippen molar-refractivity contribution < 1.29 is 9.90 Å². The monoisotopic (exact) mass is 272 g/mol. The van der Waals surface area contributed by atoms with Gasteiger partial charge >= 0.3 is 5.97 Å². The smallest absolute Gasteiger partial charge is 0.309 e. The molecule has 1 rings (SSSR count). The molecule has 98 valence electrons. The van der Waals surface area contributed by atoms with Crippen LogP contribution in [0, 0.1) is 5.41 Å². The summed E-state index contributed by atoms with van der Waals surface area (Å²) in [5, 5.41) is 12.2. The minimum atomic E-state index is -0.701. The second-order valence-electron chi connectivity index (χ2n) is 4.53. The SMILES string of the molecule is CC(C)(CCN1CCNCC1)C(=O)O.Cl.Cl. The first-order chi connectivity index (χ1) is 6.52. The van der Waals surface area contributed by atoms with Gasteiger partial charge in [-0.05, 0) is 26.8 Å². The van der Waals surface area contributed by atoms with Crippen LogP contribution in [0.5, 0.6) is 0 Å². The predicted octanol–water partition coefficient (Wildman–Crippen LogP) is 1.24. The van der Waals surface area contributed by atoms with E-state index in [0.29, 0.717) is 0 Å². The van der Waals surface area contributed by atoms with Gasteiger partial charge in [0.2, 0.25) is 0 Å². The van der Waals surface area contributed by atoms with Gasteiger partial charge in [0, 0.05) is 26.2 Å². The Morgan fingerprint density at radius 2 is 1.81 bits per heavy atom. The summed E-state index contributed by atoms with van der Waals surface area (Å²) in [6.45, 7) is 8.59. The molecule has 1 saturated heterocycles. The summed E-state index contributed by atoms with van der Waals surface area (Å²) >= 11 is 0. The average molecular weight is 273 g/mol. The molecule has 0 aromatic rings. The van der Waals surface area contributed by atoms with Crippen molar-refractivity contribution in [1.82, 2.24) is 10.2 Å². The Balaban J connectivity index is 0. The van der Waals surface area contributed by atoms with Crippen LogP contribution in [0.4, 0.5) is 0 Å². The number of hydrogen-bond donors (Lipinski definition) is 2. The van der Waals surface area contributed by atoms with Gasteiger partial charge < -0.3 is 15.3 Å². The van der Waals surface area contributed by atoms with Gasteiger partial charge in [0.25, 0.3) is 0 Å². The maximum atomic E-state index is 10.9. The largest absolute Gasteiger partial charge is 0.481 e. The summed E-state index contributed by atoms with van der Waals surface area (Å²) in [5.41, 5.74) is -0.592. The fraction of sp³-hybridized carbons (Fsp3) is 0.900. The number of carboxylic acids is 1. The minimum absolute atomic E-state index is 0. The summed E-state index contributed by atoms with van der Waals surface area (Å²) in [7, 11) is 0. The second-order valence-corrected chi connectivity index (χ2v) is 4.53. The molecule has 1 fully saturated rings. The molecule has 0 aromatic carbocycles. The first-order valence-electron chi connectivity index (χ1n) is 5.19. The molecule has 2 N–H and O–H groups in total. The Labute approximate surface area is 110 Å². The van der Waals surface area contributed by atoms with Gasteiger partial charge in [-0.25, -0.2) is 0 Å². The van der Waals surface area contributed by atoms with Crippen LogP contribution in [-0.2, 0) is 4.79 Å². The minimum Gasteiger partial charge on any atom is -0.481 e. The van der Waals surface area contributed by atoms with Crippen LogP contribution >= 0.6 is 24.8 Å². The molecule has 0 saturated carbocycles. The molecule has 0 aliphatic carbocycles. The fourth-order valence-electron chi connectivity index (χ4n) is 1.48. The molecular weight excluding hydrogens is 251 g/mol. The van der Waals surface area contributed by atoms with Gasteiger partial charge in [-0.1, -0.05) is 0 Å². The zero-order valence-electron chi connectivity index (χ0n) is 9.86. The van der Waals surface area contributed by atoms with Gasteiger partial charge in [-0.3, -0.25) is 4.79 Å². The van der Waals surface area contributed by atoms with E-state index in [4.69, 9.17) is 5.11 Å². The van der Waals surface area contributed by atoms with Crippen molar-refractivity contribution in [3.8, 4) is 0 Å². The van der Waals surface area contributed by atoms with E-state index in [0.717, 1.165) is 39.1 Å². The van der Waals surface area contributed by atoms with Crippen molar-refractivity contribution in [1.29, 1.82) is 0 Å². The maximum Gasteiger partial charge on any atom is 0.309 e. The van der Waals surface area contributed by atoms with Crippen molar-refractivity contribution in [2.75, 3.05) is 32.7 Å². The van der Waals surface area contributed by atoms with Crippen molar-refractivity contribution in [3.05, 3.63) is 0 Å². The van der Waals surface area contributed by atoms with Gasteiger partial charge in [-0.15, -0.1) is 24.8 Å². The quantitative estimate of drug-likeness (QED) is 0.809. The van der Waals surface area contributed by atoms with Gasteiger partial charge in [0.1, 0.15) is 0 Å². The molecular formula is C10H22Cl2N2O2. The van der Waals surface area contributed by atoms with Crippen LogP contribution in [0.25, 0.3) is 0 Å². The Hall–Kier alpha value is -0.0300. The summed E-state index contributed by atoms with van der Waals surface area (Å²) in [4.78, 5) is 13.2. The lowest BCUT2D eigenvalue weighted by Crippen LogP contribution is -2.45. The second kappa shape index (κ2) is 8.12. The van der Waals surface area contributed by atoms with E-state index in [2.05, 4.69) is 10.2 Å². The highest BCUT2D eigenvalue weighted by Crippen LogP contribution is 2.20. The zero-order chi connectivity index (χ0) is 10.6. The van der Waals surface area contributed by atoms with E-state index in [1.54, 1.807) is 13.8 Å². The molecule has 0 atom stereocenters. The molecule has 0 unspecified atom stereocenters. The number of aliphatic carboxylic acids is 1. The van der Waals surface area contributed by atoms with Crippen molar-refractivity contribution >= 4 is 30.8 Å². The number of hydrogen-bond acceptors (Lipinski definition) is 3. The third kappa shape index (κ3) is 5.89. The molecule has 0 aromatic heterocycles. The highest BCUT2D eigenvalue weighted by Gasteiger charge is 2.27.